The Kier molecular flexibility index (Phi) is 6.10. The zero-order valence-electron chi connectivity index (χ0n) is 14.9. The molecule has 1 aromatic carbocycles. The van der Waals surface area contributed by atoms with Crippen LogP contribution in [0.3, 0.4) is 0 Å². The zero-order chi connectivity index (χ0) is 20.3. The maximum Gasteiger partial charge on any atom is 0.328 e. The van der Waals surface area contributed by atoms with Gasteiger partial charge in [0.2, 0.25) is 0 Å². The van der Waals surface area contributed by atoms with E-state index < -0.39 is 23.9 Å². The fourth-order valence-corrected chi connectivity index (χ4v) is 3.96. The number of hydrogen-bond acceptors (Lipinski definition) is 8. The second-order valence-electron chi connectivity index (χ2n) is 5.91. The molecule has 2 heterocycles. The van der Waals surface area contributed by atoms with Crippen LogP contribution < -0.4 is 0 Å². The second kappa shape index (κ2) is 8.53. The van der Waals surface area contributed by atoms with E-state index in [9.17, 15) is 19.5 Å². The van der Waals surface area contributed by atoms with E-state index in [0.29, 0.717) is 5.71 Å². The van der Waals surface area contributed by atoms with E-state index in [4.69, 9.17) is 17.0 Å². The lowest BCUT2D eigenvalue weighted by atomic mass is 10.0. The number of carboxylic acids is 1. The lowest BCUT2D eigenvalue weighted by molar-refractivity contribution is -0.145. The first-order chi connectivity index (χ1) is 13.4. The van der Waals surface area contributed by atoms with Crippen LogP contribution in [0.25, 0.3) is 0 Å². The summed E-state index contributed by atoms with van der Waals surface area (Å²) >= 11 is 6.16. The van der Waals surface area contributed by atoms with Gasteiger partial charge in [-0.1, -0.05) is 54.3 Å². The summed E-state index contributed by atoms with van der Waals surface area (Å²) < 4.78 is 5.06. The molecule has 1 N–H and O–H groups in total. The predicted molar refractivity (Wildman–Crippen MR) is 107 cm³/mol. The van der Waals surface area contributed by atoms with Gasteiger partial charge in [-0.2, -0.15) is 5.10 Å². The zero-order valence-corrected chi connectivity index (χ0v) is 16.5. The summed E-state index contributed by atoms with van der Waals surface area (Å²) in [5, 5.41) is 15.2. The van der Waals surface area contributed by atoms with Crippen LogP contribution in [0.15, 0.2) is 46.5 Å². The minimum absolute atomic E-state index is 0.203. The summed E-state index contributed by atoms with van der Waals surface area (Å²) in [6, 6.07) is 8.32. The molecule has 146 valence electrons. The van der Waals surface area contributed by atoms with Crippen molar-refractivity contribution in [3.05, 3.63) is 47.0 Å². The predicted octanol–water partition coefficient (Wildman–Crippen LogP) is 1.81. The first-order valence-corrected chi connectivity index (χ1v) is 9.68. The minimum Gasteiger partial charge on any atom is -0.480 e. The van der Waals surface area contributed by atoms with Crippen LogP contribution in [-0.2, 0) is 19.1 Å². The molecule has 1 aromatic rings. The van der Waals surface area contributed by atoms with Gasteiger partial charge in [-0.05, 0) is 12.5 Å². The lowest BCUT2D eigenvalue weighted by Gasteiger charge is -2.16. The van der Waals surface area contributed by atoms with Crippen molar-refractivity contribution in [3.63, 3.8) is 0 Å². The highest BCUT2D eigenvalue weighted by molar-refractivity contribution is 8.26. The van der Waals surface area contributed by atoms with Crippen molar-refractivity contribution in [3.8, 4) is 0 Å². The molecule has 1 amide bonds. The van der Waals surface area contributed by atoms with Crippen LogP contribution in [0.5, 0.6) is 0 Å². The highest BCUT2D eigenvalue weighted by Gasteiger charge is 2.37. The highest BCUT2D eigenvalue weighted by Crippen LogP contribution is 2.33. The summed E-state index contributed by atoms with van der Waals surface area (Å²) in [7, 11) is 0. The van der Waals surface area contributed by atoms with Crippen LogP contribution in [-0.4, -0.2) is 62.1 Å². The number of rotatable bonds is 6. The van der Waals surface area contributed by atoms with Gasteiger partial charge in [0.05, 0.1) is 17.2 Å². The van der Waals surface area contributed by atoms with Crippen molar-refractivity contribution in [2.75, 3.05) is 13.2 Å². The third-order valence-electron chi connectivity index (χ3n) is 4.05. The number of esters is 1. The monoisotopic (exact) mass is 419 g/mol. The summed E-state index contributed by atoms with van der Waals surface area (Å²) in [4.78, 5) is 37.3. The Morgan fingerprint density at radius 1 is 1.39 bits per heavy atom. The molecule has 0 aliphatic carbocycles. The molecule has 1 fully saturated rings. The Bertz CT molecular complexity index is 884. The Morgan fingerprint density at radius 3 is 2.75 bits per heavy atom. The van der Waals surface area contributed by atoms with Gasteiger partial charge in [0.1, 0.15) is 10.9 Å². The van der Waals surface area contributed by atoms with Gasteiger partial charge in [-0.15, -0.1) is 0 Å². The van der Waals surface area contributed by atoms with E-state index in [1.54, 1.807) is 6.92 Å². The third-order valence-corrected chi connectivity index (χ3v) is 5.42. The average molecular weight is 419 g/mol. The number of carbonyl (C=O) groups excluding carboxylic acids is 2. The van der Waals surface area contributed by atoms with Gasteiger partial charge in [0.25, 0.3) is 5.91 Å². The number of carbonyl (C=O) groups is 3. The number of hydrazone groups is 1. The normalized spacial score (nSPS) is 20.7. The Morgan fingerprint density at radius 2 is 2.11 bits per heavy atom. The Labute approximate surface area is 170 Å². The number of benzene rings is 1. The number of hydrogen-bond donors (Lipinski definition) is 1. The number of thioether (sulfide) groups is 1. The smallest absolute Gasteiger partial charge is 0.328 e. The van der Waals surface area contributed by atoms with Crippen molar-refractivity contribution in [2.45, 2.75) is 19.4 Å². The molecule has 2 aliphatic heterocycles. The summed E-state index contributed by atoms with van der Waals surface area (Å²) in [6.07, 6.45) is 1.58. The Hall–Kier alpha value is -2.72. The van der Waals surface area contributed by atoms with Crippen LogP contribution in [0, 0.1) is 0 Å². The van der Waals surface area contributed by atoms with E-state index >= 15 is 0 Å². The maximum atomic E-state index is 12.6. The molecule has 10 heteroatoms. The first-order valence-electron chi connectivity index (χ1n) is 8.46. The van der Waals surface area contributed by atoms with Crippen LogP contribution >= 0.6 is 24.0 Å². The SMILES string of the molecule is CCOC(=O)CN1C(=O)/C(=C/N2N=C(c3ccccc3)CC2C(=O)O)SC1=S. The van der Waals surface area contributed by atoms with E-state index in [2.05, 4.69) is 5.10 Å². The quantitative estimate of drug-likeness (QED) is 0.423. The van der Waals surface area contributed by atoms with Gasteiger partial charge in [-0.25, -0.2) is 4.79 Å². The lowest BCUT2D eigenvalue weighted by Crippen LogP contribution is -2.35. The molecule has 2 aliphatic rings. The minimum atomic E-state index is -1.05. The van der Waals surface area contributed by atoms with Gasteiger partial charge in [-0.3, -0.25) is 19.5 Å². The fraction of sp³-hybridized carbons (Fsp3) is 0.278. The van der Waals surface area contributed by atoms with E-state index in [1.807, 2.05) is 30.3 Å². The highest BCUT2D eigenvalue weighted by atomic mass is 32.2. The van der Waals surface area contributed by atoms with Crippen molar-refractivity contribution in [1.82, 2.24) is 9.91 Å². The van der Waals surface area contributed by atoms with Crippen LogP contribution in [0.4, 0.5) is 0 Å². The summed E-state index contributed by atoms with van der Waals surface area (Å²) in [5.74, 6) is -2.09. The average Bonchev–Trinajstić information content (AvgIpc) is 3.20. The molecule has 8 nitrogen and oxygen atoms in total. The molecule has 0 spiro atoms. The largest absolute Gasteiger partial charge is 0.480 e. The van der Waals surface area contributed by atoms with Crippen LogP contribution in [0.2, 0.25) is 0 Å². The standard InChI is InChI=1S/C18H17N3O5S2/c1-2-26-15(22)10-20-16(23)14(28-18(20)27)9-21-13(17(24)25)8-12(19-21)11-6-4-3-5-7-11/h3-7,9,13H,2,8,10H2,1H3,(H,24,25)/b14-9-. The van der Waals surface area contributed by atoms with Gasteiger partial charge < -0.3 is 9.84 Å². The number of aliphatic carboxylic acids is 1. The van der Waals surface area contributed by atoms with Gasteiger partial charge >= 0.3 is 11.9 Å². The van der Waals surface area contributed by atoms with Crippen molar-refractivity contribution < 1.29 is 24.2 Å². The molecule has 0 saturated carbocycles. The molecular formula is C18H17N3O5S2. The molecule has 1 saturated heterocycles. The second-order valence-corrected chi connectivity index (χ2v) is 7.58. The Balaban J connectivity index is 1.83. The topological polar surface area (TPSA) is 99.5 Å². The van der Waals surface area contributed by atoms with E-state index in [0.717, 1.165) is 22.2 Å². The van der Waals surface area contributed by atoms with Crippen LogP contribution in [0.1, 0.15) is 18.9 Å². The van der Waals surface area contributed by atoms with Crippen molar-refractivity contribution in [1.29, 1.82) is 0 Å². The number of thiocarbonyl (C=S) groups is 1. The molecule has 0 bridgehead atoms. The van der Waals surface area contributed by atoms with Crippen molar-refractivity contribution >= 4 is 51.9 Å². The van der Waals surface area contributed by atoms with Crippen molar-refractivity contribution in [2.24, 2.45) is 5.10 Å². The summed E-state index contributed by atoms with van der Waals surface area (Å²) in [6.45, 7) is 1.59. The summed E-state index contributed by atoms with van der Waals surface area (Å²) in [5.41, 5.74) is 1.44. The van der Waals surface area contributed by atoms with E-state index in [-0.39, 0.29) is 28.8 Å². The fourth-order valence-electron chi connectivity index (χ4n) is 2.73. The molecule has 0 radical (unpaired) electrons. The molecule has 0 aromatic heterocycles. The number of carboxylic acid groups (broad SMARTS) is 1. The maximum absolute atomic E-state index is 12.6. The molecule has 1 unspecified atom stereocenters. The number of nitrogens with zero attached hydrogens (tertiary/aromatic N) is 3. The molecular weight excluding hydrogens is 402 g/mol. The van der Waals surface area contributed by atoms with Gasteiger partial charge in [0.15, 0.2) is 6.04 Å². The number of ether oxygens (including phenoxy) is 1. The first kappa shape index (κ1) is 20.0. The van der Waals surface area contributed by atoms with Gasteiger partial charge in [0, 0.05) is 12.6 Å². The number of amides is 1. The molecule has 28 heavy (non-hydrogen) atoms. The molecule has 3 rings (SSSR count). The van der Waals surface area contributed by atoms with E-state index in [1.165, 1.54) is 11.2 Å². The molecule has 1 atom stereocenters. The third kappa shape index (κ3) is 4.23.